The van der Waals surface area contributed by atoms with Crippen molar-refractivity contribution in [2.24, 2.45) is 7.05 Å². The first-order valence-electron chi connectivity index (χ1n) is 9.77. The SMILES string of the molecule is Cn1cc(-c2ccc3cnc(NC(=O)c4ccnc(NC5CNC5)c4)cc3c2)cn1. The molecule has 30 heavy (non-hydrogen) atoms. The number of aryl methyl sites for hydroxylation is 1. The molecule has 0 saturated carbocycles. The van der Waals surface area contributed by atoms with Gasteiger partial charge in [0, 0.05) is 55.2 Å². The number of hydrogen-bond donors (Lipinski definition) is 3. The molecular formula is C22H21N7O. The largest absolute Gasteiger partial charge is 0.365 e. The average Bonchev–Trinajstić information content (AvgIpc) is 3.17. The summed E-state index contributed by atoms with van der Waals surface area (Å²) in [5.74, 6) is 0.981. The molecule has 0 radical (unpaired) electrons. The molecule has 0 aliphatic carbocycles. The van der Waals surface area contributed by atoms with Crippen molar-refractivity contribution in [3.05, 3.63) is 66.7 Å². The van der Waals surface area contributed by atoms with Crippen molar-refractivity contribution in [2.75, 3.05) is 23.7 Å². The van der Waals surface area contributed by atoms with Crippen LogP contribution in [0, 0.1) is 0 Å². The van der Waals surface area contributed by atoms with Gasteiger partial charge in [-0.15, -0.1) is 0 Å². The van der Waals surface area contributed by atoms with E-state index in [-0.39, 0.29) is 5.91 Å². The molecule has 4 aromatic rings. The predicted molar refractivity (Wildman–Crippen MR) is 116 cm³/mol. The van der Waals surface area contributed by atoms with Crippen LogP contribution in [-0.4, -0.2) is 44.8 Å². The predicted octanol–water partition coefficient (Wildman–Crippen LogP) is 2.67. The van der Waals surface area contributed by atoms with Crippen LogP contribution < -0.4 is 16.0 Å². The highest BCUT2D eigenvalue weighted by molar-refractivity contribution is 6.05. The van der Waals surface area contributed by atoms with Gasteiger partial charge < -0.3 is 16.0 Å². The number of rotatable bonds is 5. The number of carbonyl (C=O) groups excluding carboxylic acids is 1. The van der Waals surface area contributed by atoms with Crippen LogP contribution in [0.4, 0.5) is 11.6 Å². The fourth-order valence-electron chi connectivity index (χ4n) is 3.40. The lowest BCUT2D eigenvalue weighted by atomic mass is 10.1. The molecule has 1 fully saturated rings. The van der Waals surface area contributed by atoms with Crippen LogP contribution in [0.15, 0.2) is 61.2 Å². The van der Waals surface area contributed by atoms with Crippen LogP contribution >= 0.6 is 0 Å². The number of anilines is 2. The molecule has 8 nitrogen and oxygen atoms in total. The topological polar surface area (TPSA) is 96.8 Å². The Labute approximate surface area is 173 Å². The fourth-order valence-corrected chi connectivity index (χ4v) is 3.40. The summed E-state index contributed by atoms with van der Waals surface area (Å²) < 4.78 is 1.77. The second-order valence-corrected chi connectivity index (χ2v) is 7.42. The molecule has 0 atom stereocenters. The van der Waals surface area contributed by atoms with E-state index in [1.165, 1.54) is 0 Å². The Morgan fingerprint density at radius 1 is 1.03 bits per heavy atom. The number of pyridine rings is 2. The molecule has 3 aromatic heterocycles. The van der Waals surface area contributed by atoms with E-state index in [1.807, 2.05) is 37.6 Å². The van der Waals surface area contributed by atoms with Crippen molar-refractivity contribution >= 4 is 28.3 Å². The number of benzene rings is 1. The summed E-state index contributed by atoms with van der Waals surface area (Å²) in [5.41, 5.74) is 2.64. The minimum atomic E-state index is -0.220. The van der Waals surface area contributed by atoms with Crippen LogP contribution in [0.5, 0.6) is 0 Å². The third-order valence-electron chi connectivity index (χ3n) is 5.16. The molecule has 1 aliphatic heterocycles. The molecule has 1 amide bonds. The Kier molecular flexibility index (Phi) is 4.61. The van der Waals surface area contributed by atoms with Gasteiger partial charge in [-0.25, -0.2) is 9.97 Å². The number of fused-ring (bicyclic) bond motifs is 1. The van der Waals surface area contributed by atoms with Crippen molar-refractivity contribution in [1.29, 1.82) is 0 Å². The van der Waals surface area contributed by atoms with E-state index in [0.717, 1.165) is 35.0 Å². The highest BCUT2D eigenvalue weighted by Gasteiger charge is 2.17. The Morgan fingerprint density at radius 2 is 1.93 bits per heavy atom. The van der Waals surface area contributed by atoms with E-state index in [0.29, 0.717) is 23.2 Å². The number of nitrogens with zero attached hydrogens (tertiary/aromatic N) is 4. The Bertz CT molecular complexity index is 1230. The lowest BCUT2D eigenvalue weighted by Gasteiger charge is -2.28. The normalized spacial score (nSPS) is 13.8. The van der Waals surface area contributed by atoms with Crippen LogP contribution in [0.3, 0.4) is 0 Å². The molecule has 8 heteroatoms. The Hall–Kier alpha value is -3.78. The average molecular weight is 399 g/mol. The summed E-state index contributed by atoms with van der Waals surface area (Å²) in [6, 6.07) is 11.8. The number of aromatic nitrogens is 4. The zero-order chi connectivity index (χ0) is 20.5. The van der Waals surface area contributed by atoms with E-state index < -0.39 is 0 Å². The molecule has 4 heterocycles. The molecule has 3 N–H and O–H groups in total. The van der Waals surface area contributed by atoms with Gasteiger partial charge in [0.1, 0.15) is 11.6 Å². The van der Waals surface area contributed by atoms with Gasteiger partial charge in [-0.2, -0.15) is 5.10 Å². The van der Waals surface area contributed by atoms with Crippen LogP contribution in [0.1, 0.15) is 10.4 Å². The Balaban J connectivity index is 1.36. The molecule has 1 aliphatic rings. The zero-order valence-corrected chi connectivity index (χ0v) is 16.5. The van der Waals surface area contributed by atoms with Crippen LogP contribution in [0.2, 0.25) is 0 Å². The highest BCUT2D eigenvalue weighted by Crippen LogP contribution is 2.25. The van der Waals surface area contributed by atoms with E-state index in [1.54, 1.807) is 29.2 Å². The molecular weight excluding hydrogens is 378 g/mol. The lowest BCUT2D eigenvalue weighted by molar-refractivity contribution is 0.102. The van der Waals surface area contributed by atoms with Crippen molar-refractivity contribution in [3.63, 3.8) is 0 Å². The third-order valence-corrected chi connectivity index (χ3v) is 5.16. The van der Waals surface area contributed by atoms with Crippen molar-refractivity contribution in [3.8, 4) is 11.1 Å². The smallest absolute Gasteiger partial charge is 0.257 e. The third kappa shape index (κ3) is 3.72. The van der Waals surface area contributed by atoms with Gasteiger partial charge in [-0.3, -0.25) is 9.48 Å². The second kappa shape index (κ2) is 7.57. The lowest BCUT2D eigenvalue weighted by Crippen LogP contribution is -2.51. The molecule has 1 aromatic carbocycles. The maximum Gasteiger partial charge on any atom is 0.257 e. The summed E-state index contributed by atoms with van der Waals surface area (Å²) in [6.07, 6.45) is 7.21. The minimum absolute atomic E-state index is 0.220. The molecule has 1 saturated heterocycles. The summed E-state index contributed by atoms with van der Waals surface area (Å²) in [4.78, 5) is 21.4. The van der Waals surface area contributed by atoms with Gasteiger partial charge in [0.15, 0.2) is 0 Å². The van der Waals surface area contributed by atoms with E-state index in [9.17, 15) is 4.79 Å². The summed E-state index contributed by atoms with van der Waals surface area (Å²) in [7, 11) is 1.89. The first-order chi connectivity index (χ1) is 14.6. The van der Waals surface area contributed by atoms with Crippen LogP contribution in [0.25, 0.3) is 21.9 Å². The number of carbonyl (C=O) groups is 1. The number of nitrogens with one attached hydrogen (secondary N) is 3. The van der Waals surface area contributed by atoms with E-state index in [2.05, 4.69) is 37.1 Å². The van der Waals surface area contributed by atoms with Gasteiger partial charge in [0.05, 0.1) is 12.2 Å². The van der Waals surface area contributed by atoms with Gasteiger partial charge in [-0.1, -0.05) is 12.1 Å². The Morgan fingerprint density at radius 3 is 2.70 bits per heavy atom. The monoisotopic (exact) mass is 399 g/mol. The maximum atomic E-state index is 12.7. The molecule has 150 valence electrons. The van der Waals surface area contributed by atoms with E-state index in [4.69, 9.17) is 0 Å². The van der Waals surface area contributed by atoms with Gasteiger partial charge in [0.25, 0.3) is 5.91 Å². The summed E-state index contributed by atoms with van der Waals surface area (Å²) in [5, 5.41) is 15.6. The summed E-state index contributed by atoms with van der Waals surface area (Å²) in [6.45, 7) is 1.81. The first-order valence-corrected chi connectivity index (χ1v) is 9.77. The quantitative estimate of drug-likeness (QED) is 0.477. The fraction of sp³-hybridized carbons (Fsp3) is 0.182. The van der Waals surface area contributed by atoms with E-state index >= 15 is 0 Å². The molecule has 0 spiro atoms. The number of hydrogen-bond acceptors (Lipinski definition) is 6. The van der Waals surface area contributed by atoms with Gasteiger partial charge in [-0.05, 0) is 35.2 Å². The van der Waals surface area contributed by atoms with Crippen LogP contribution in [-0.2, 0) is 7.05 Å². The van der Waals surface area contributed by atoms with Gasteiger partial charge in [0.2, 0.25) is 0 Å². The maximum absolute atomic E-state index is 12.7. The summed E-state index contributed by atoms with van der Waals surface area (Å²) >= 11 is 0. The second-order valence-electron chi connectivity index (χ2n) is 7.42. The van der Waals surface area contributed by atoms with Gasteiger partial charge >= 0.3 is 0 Å². The minimum Gasteiger partial charge on any atom is -0.365 e. The molecule has 0 unspecified atom stereocenters. The molecule has 0 bridgehead atoms. The zero-order valence-electron chi connectivity index (χ0n) is 16.5. The van der Waals surface area contributed by atoms with Crippen molar-refractivity contribution in [1.82, 2.24) is 25.1 Å². The van der Waals surface area contributed by atoms with Crippen molar-refractivity contribution < 1.29 is 4.79 Å². The highest BCUT2D eigenvalue weighted by atomic mass is 16.1. The standard InChI is InChI=1S/C22H21N7O/c1-29-13-18(10-26-29)14-2-3-16-9-25-21(8-17(16)6-14)28-22(30)15-4-5-24-20(7-15)27-19-11-23-12-19/h2-10,13,19,23H,11-12H2,1H3,(H,24,27)(H,25,28,30). The number of amides is 1. The molecule has 5 rings (SSSR count). The first kappa shape index (κ1) is 18.3. The van der Waals surface area contributed by atoms with Crippen molar-refractivity contribution in [2.45, 2.75) is 6.04 Å².